The monoisotopic (exact) mass is 286 g/mol. The average Bonchev–Trinajstić information content (AvgIpc) is 2.51. The van der Waals surface area contributed by atoms with Gasteiger partial charge >= 0.3 is 0 Å². The third-order valence-corrected chi connectivity index (χ3v) is 4.12. The Labute approximate surface area is 124 Å². The van der Waals surface area contributed by atoms with Crippen molar-refractivity contribution in [3.8, 4) is 0 Å². The lowest BCUT2D eigenvalue weighted by Gasteiger charge is -2.32. The van der Waals surface area contributed by atoms with Crippen molar-refractivity contribution in [3.63, 3.8) is 0 Å². The van der Waals surface area contributed by atoms with Crippen LogP contribution in [-0.2, 0) is 0 Å². The Morgan fingerprint density at radius 2 is 1.95 bits per heavy atom. The second-order valence-corrected chi connectivity index (χ2v) is 5.26. The lowest BCUT2D eigenvalue weighted by atomic mass is 9.92. The first-order valence-corrected chi connectivity index (χ1v) is 7.23. The van der Waals surface area contributed by atoms with E-state index in [-0.39, 0.29) is 5.54 Å². The molecule has 5 N–H and O–H groups in total. The molecular weight excluding hydrogens is 264 g/mol. The van der Waals surface area contributed by atoms with E-state index < -0.39 is 5.91 Å². The van der Waals surface area contributed by atoms with Crippen LogP contribution in [0.5, 0.6) is 0 Å². The summed E-state index contributed by atoms with van der Waals surface area (Å²) in [6, 6.07) is 9.42. The van der Waals surface area contributed by atoms with E-state index in [1.165, 1.54) is 0 Å². The van der Waals surface area contributed by atoms with Crippen LogP contribution >= 0.6 is 0 Å². The Hall–Kier alpha value is -2.14. The van der Waals surface area contributed by atoms with Crippen LogP contribution in [0.15, 0.2) is 30.3 Å². The SMILES string of the molecule is CCC(CC)(CN)Nc1nc2ccccc2cc1C(N)=O. The number of rotatable bonds is 6. The smallest absolute Gasteiger partial charge is 0.252 e. The molecule has 2 rings (SSSR count). The number of nitrogens with two attached hydrogens (primary N) is 2. The molecule has 0 aliphatic carbocycles. The molecule has 2 aromatic rings. The van der Waals surface area contributed by atoms with Crippen LogP contribution in [0.1, 0.15) is 37.0 Å². The van der Waals surface area contributed by atoms with Gasteiger partial charge in [0.2, 0.25) is 0 Å². The fourth-order valence-corrected chi connectivity index (χ4v) is 2.42. The number of fused-ring (bicyclic) bond motifs is 1. The highest BCUT2D eigenvalue weighted by Crippen LogP contribution is 2.25. The number of hydrogen-bond acceptors (Lipinski definition) is 4. The van der Waals surface area contributed by atoms with Gasteiger partial charge in [-0.1, -0.05) is 32.0 Å². The first-order valence-electron chi connectivity index (χ1n) is 7.23. The number of carbonyl (C=O) groups is 1. The summed E-state index contributed by atoms with van der Waals surface area (Å²) >= 11 is 0. The van der Waals surface area contributed by atoms with Crippen molar-refractivity contribution in [1.82, 2.24) is 4.98 Å². The second-order valence-electron chi connectivity index (χ2n) is 5.26. The van der Waals surface area contributed by atoms with E-state index in [4.69, 9.17) is 11.5 Å². The third-order valence-electron chi connectivity index (χ3n) is 4.12. The van der Waals surface area contributed by atoms with Crippen LogP contribution in [-0.4, -0.2) is 23.0 Å². The minimum atomic E-state index is -0.492. The highest BCUT2D eigenvalue weighted by molar-refractivity contribution is 6.01. The summed E-state index contributed by atoms with van der Waals surface area (Å²) in [5.74, 6) is 0.0178. The number of anilines is 1. The zero-order chi connectivity index (χ0) is 15.5. The van der Waals surface area contributed by atoms with Gasteiger partial charge in [-0.25, -0.2) is 4.98 Å². The second kappa shape index (κ2) is 6.10. The molecule has 0 spiro atoms. The molecule has 1 heterocycles. The molecule has 1 aromatic heterocycles. The molecule has 0 radical (unpaired) electrons. The number of para-hydroxylation sites is 1. The number of carbonyl (C=O) groups excluding carboxylic acids is 1. The number of aromatic nitrogens is 1. The van der Waals surface area contributed by atoms with E-state index in [1.807, 2.05) is 24.3 Å². The molecule has 0 fully saturated rings. The molecular formula is C16H22N4O. The summed E-state index contributed by atoms with van der Waals surface area (Å²) in [6.45, 7) is 4.59. The summed E-state index contributed by atoms with van der Waals surface area (Å²) in [6.07, 6.45) is 1.68. The van der Waals surface area contributed by atoms with E-state index in [0.29, 0.717) is 17.9 Å². The molecule has 21 heavy (non-hydrogen) atoms. The zero-order valence-electron chi connectivity index (χ0n) is 12.5. The van der Waals surface area contributed by atoms with Gasteiger partial charge in [0.25, 0.3) is 5.91 Å². The predicted octanol–water partition coefficient (Wildman–Crippen LogP) is 2.26. The predicted molar refractivity (Wildman–Crippen MR) is 86.3 cm³/mol. The van der Waals surface area contributed by atoms with E-state index in [1.54, 1.807) is 6.07 Å². The van der Waals surface area contributed by atoms with Gasteiger partial charge < -0.3 is 16.8 Å². The standard InChI is InChI=1S/C16H22N4O/c1-3-16(4-2,10-17)20-15-12(14(18)21)9-11-7-5-6-8-13(11)19-15/h5-9H,3-4,10,17H2,1-2H3,(H2,18,21)(H,19,20). The highest BCUT2D eigenvalue weighted by Gasteiger charge is 2.26. The van der Waals surface area contributed by atoms with Crippen molar-refractivity contribution < 1.29 is 4.79 Å². The topological polar surface area (TPSA) is 94.0 Å². The summed E-state index contributed by atoms with van der Waals surface area (Å²) in [4.78, 5) is 16.3. The number of nitrogens with zero attached hydrogens (tertiary/aromatic N) is 1. The zero-order valence-corrected chi connectivity index (χ0v) is 12.5. The average molecular weight is 286 g/mol. The lowest BCUT2D eigenvalue weighted by Crippen LogP contribution is -2.45. The molecule has 0 bridgehead atoms. The molecule has 0 unspecified atom stereocenters. The molecule has 0 aliphatic rings. The molecule has 0 atom stereocenters. The molecule has 5 heteroatoms. The largest absolute Gasteiger partial charge is 0.365 e. The fraction of sp³-hybridized carbons (Fsp3) is 0.375. The number of benzene rings is 1. The highest BCUT2D eigenvalue weighted by atomic mass is 16.1. The van der Waals surface area contributed by atoms with Gasteiger partial charge in [0, 0.05) is 11.9 Å². The van der Waals surface area contributed by atoms with Gasteiger partial charge in [-0.3, -0.25) is 4.79 Å². The van der Waals surface area contributed by atoms with E-state index in [9.17, 15) is 4.79 Å². The first-order chi connectivity index (χ1) is 10.0. The molecule has 112 valence electrons. The van der Waals surface area contributed by atoms with Crippen LogP contribution in [0, 0.1) is 0 Å². The van der Waals surface area contributed by atoms with Crippen LogP contribution in [0.3, 0.4) is 0 Å². The summed E-state index contributed by atoms with van der Waals surface area (Å²) in [7, 11) is 0. The Morgan fingerprint density at radius 3 is 2.52 bits per heavy atom. The van der Waals surface area contributed by atoms with Gasteiger partial charge in [0.1, 0.15) is 5.82 Å². The normalized spacial score (nSPS) is 11.6. The van der Waals surface area contributed by atoms with Crippen molar-refractivity contribution in [1.29, 1.82) is 0 Å². The first kappa shape index (κ1) is 15.3. The van der Waals surface area contributed by atoms with Gasteiger partial charge in [-0.2, -0.15) is 0 Å². The molecule has 0 aliphatic heterocycles. The lowest BCUT2D eigenvalue weighted by molar-refractivity contribution is 0.100. The molecule has 0 saturated carbocycles. The minimum Gasteiger partial charge on any atom is -0.365 e. The number of pyridine rings is 1. The van der Waals surface area contributed by atoms with Crippen LogP contribution in [0.2, 0.25) is 0 Å². The number of primary amides is 1. The maximum Gasteiger partial charge on any atom is 0.252 e. The van der Waals surface area contributed by atoms with Crippen molar-refractivity contribution in [2.75, 3.05) is 11.9 Å². The number of hydrogen-bond donors (Lipinski definition) is 3. The van der Waals surface area contributed by atoms with Crippen molar-refractivity contribution in [2.45, 2.75) is 32.2 Å². The van der Waals surface area contributed by atoms with E-state index in [2.05, 4.69) is 24.1 Å². The summed E-state index contributed by atoms with van der Waals surface area (Å²) in [5, 5.41) is 4.24. The summed E-state index contributed by atoms with van der Waals surface area (Å²) < 4.78 is 0. The van der Waals surface area contributed by atoms with Gasteiger partial charge in [-0.15, -0.1) is 0 Å². The summed E-state index contributed by atoms with van der Waals surface area (Å²) in [5.41, 5.74) is 12.3. The Kier molecular flexibility index (Phi) is 4.43. The van der Waals surface area contributed by atoms with E-state index >= 15 is 0 Å². The van der Waals surface area contributed by atoms with Crippen LogP contribution in [0.25, 0.3) is 10.9 Å². The number of nitrogens with one attached hydrogen (secondary N) is 1. The maximum absolute atomic E-state index is 11.7. The third kappa shape index (κ3) is 2.97. The van der Waals surface area contributed by atoms with Crippen LogP contribution in [0.4, 0.5) is 5.82 Å². The quantitative estimate of drug-likeness (QED) is 0.759. The fourth-order valence-electron chi connectivity index (χ4n) is 2.42. The molecule has 5 nitrogen and oxygen atoms in total. The Morgan fingerprint density at radius 1 is 1.29 bits per heavy atom. The molecule has 1 amide bonds. The van der Waals surface area contributed by atoms with Gasteiger partial charge in [-0.05, 0) is 25.0 Å². The van der Waals surface area contributed by atoms with Crippen LogP contribution < -0.4 is 16.8 Å². The maximum atomic E-state index is 11.7. The van der Waals surface area contributed by atoms with Crippen molar-refractivity contribution >= 4 is 22.6 Å². The van der Waals surface area contributed by atoms with Crippen molar-refractivity contribution in [3.05, 3.63) is 35.9 Å². The number of amides is 1. The molecule has 0 saturated heterocycles. The molecule has 1 aromatic carbocycles. The van der Waals surface area contributed by atoms with Crippen molar-refractivity contribution in [2.24, 2.45) is 11.5 Å². The Balaban J connectivity index is 2.55. The van der Waals surface area contributed by atoms with E-state index in [0.717, 1.165) is 23.7 Å². The van der Waals surface area contributed by atoms with Gasteiger partial charge in [0.15, 0.2) is 0 Å². The minimum absolute atomic E-state index is 0.278. The Bertz CT molecular complexity index is 642. The van der Waals surface area contributed by atoms with Gasteiger partial charge in [0.05, 0.1) is 16.6 Å².